The molecule has 4 heteroatoms. The predicted octanol–water partition coefficient (Wildman–Crippen LogP) is 2.51. The number of rotatable bonds is 8. The van der Waals surface area contributed by atoms with Gasteiger partial charge in [0.1, 0.15) is 5.54 Å². The molecule has 0 aromatic rings. The molecule has 20 heavy (non-hydrogen) atoms. The van der Waals surface area contributed by atoms with Gasteiger partial charge in [-0.3, -0.25) is 5.32 Å². The van der Waals surface area contributed by atoms with Gasteiger partial charge in [-0.2, -0.15) is 0 Å². The zero-order valence-electron chi connectivity index (χ0n) is 13.1. The maximum atomic E-state index is 12.3. The van der Waals surface area contributed by atoms with Crippen molar-refractivity contribution in [1.82, 2.24) is 5.32 Å². The van der Waals surface area contributed by atoms with E-state index in [1.54, 1.807) is 0 Å². The molecule has 1 unspecified atom stereocenters. The van der Waals surface area contributed by atoms with Gasteiger partial charge in [0, 0.05) is 12.6 Å². The lowest BCUT2D eigenvalue weighted by Crippen LogP contribution is -2.60. The zero-order valence-corrected chi connectivity index (χ0v) is 13.1. The van der Waals surface area contributed by atoms with Gasteiger partial charge in [-0.25, -0.2) is 4.79 Å². The number of ether oxygens (including phenoxy) is 2. The van der Waals surface area contributed by atoms with Gasteiger partial charge in [0.25, 0.3) is 0 Å². The Kier molecular flexibility index (Phi) is 5.44. The van der Waals surface area contributed by atoms with E-state index in [0.717, 1.165) is 19.4 Å². The Balaban J connectivity index is 1.94. The van der Waals surface area contributed by atoms with Crippen LogP contribution >= 0.6 is 0 Å². The lowest BCUT2D eigenvalue weighted by molar-refractivity contribution is -0.153. The monoisotopic (exact) mass is 283 g/mol. The smallest absolute Gasteiger partial charge is 0.328 e. The molecule has 116 valence electrons. The minimum atomic E-state index is -0.637. The molecule has 2 saturated carbocycles. The van der Waals surface area contributed by atoms with E-state index in [0.29, 0.717) is 18.4 Å². The van der Waals surface area contributed by atoms with Crippen LogP contribution in [0, 0.1) is 11.8 Å². The standard InChI is InChI=1S/C16H29NO3/c1-12(2)17-16(14-8-9-14,15(18)19-3)11-20-10-13-6-4-5-7-13/h12-14,17H,4-11H2,1-3H3. The Morgan fingerprint density at radius 1 is 1.25 bits per heavy atom. The highest BCUT2D eigenvalue weighted by Gasteiger charge is 2.52. The van der Waals surface area contributed by atoms with E-state index < -0.39 is 5.54 Å². The van der Waals surface area contributed by atoms with Crippen LogP contribution in [-0.4, -0.2) is 37.9 Å². The lowest BCUT2D eigenvalue weighted by Gasteiger charge is -2.34. The highest BCUT2D eigenvalue weighted by Crippen LogP contribution is 2.41. The second kappa shape index (κ2) is 6.90. The largest absolute Gasteiger partial charge is 0.468 e. The van der Waals surface area contributed by atoms with E-state index in [2.05, 4.69) is 19.2 Å². The number of methoxy groups -OCH3 is 1. The average Bonchev–Trinajstić information content (AvgIpc) is 3.15. The molecule has 2 fully saturated rings. The average molecular weight is 283 g/mol. The molecular weight excluding hydrogens is 254 g/mol. The fourth-order valence-electron chi connectivity index (χ4n) is 3.40. The molecule has 2 aliphatic rings. The van der Waals surface area contributed by atoms with Gasteiger partial charge in [0.2, 0.25) is 0 Å². The molecule has 1 N–H and O–H groups in total. The van der Waals surface area contributed by atoms with Gasteiger partial charge < -0.3 is 9.47 Å². The summed E-state index contributed by atoms with van der Waals surface area (Å²) >= 11 is 0. The van der Waals surface area contributed by atoms with Crippen molar-refractivity contribution < 1.29 is 14.3 Å². The lowest BCUT2D eigenvalue weighted by atomic mass is 9.93. The molecular formula is C16H29NO3. The van der Waals surface area contributed by atoms with Crippen LogP contribution in [0.5, 0.6) is 0 Å². The molecule has 0 heterocycles. The first-order valence-corrected chi connectivity index (χ1v) is 8.02. The van der Waals surface area contributed by atoms with E-state index in [1.807, 2.05) is 0 Å². The Morgan fingerprint density at radius 2 is 1.90 bits per heavy atom. The second-order valence-electron chi connectivity index (χ2n) is 6.70. The Labute approximate surface area is 122 Å². The van der Waals surface area contributed by atoms with Crippen LogP contribution in [0.1, 0.15) is 52.4 Å². The second-order valence-corrected chi connectivity index (χ2v) is 6.70. The van der Waals surface area contributed by atoms with Crippen molar-refractivity contribution in [2.24, 2.45) is 11.8 Å². The summed E-state index contributed by atoms with van der Waals surface area (Å²) in [4.78, 5) is 12.3. The van der Waals surface area contributed by atoms with Crippen molar-refractivity contribution in [2.75, 3.05) is 20.3 Å². The number of esters is 1. The molecule has 0 spiro atoms. The van der Waals surface area contributed by atoms with Crippen LogP contribution in [0.3, 0.4) is 0 Å². The van der Waals surface area contributed by atoms with E-state index in [-0.39, 0.29) is 12.0 Å². The van der Waals surface area contributed by atoms with Crippen molar-refractivity contribution in [3.05, 3.63) is 0 Å². The van der Waals surface area contributed by atoms with Gasteiger partial charge in [0.05, 0.1) is 13.7 Å². The summed E-state index contributed by atoms with van der Waals surface area (Å²) < 4.78 is 11.0. The molecule has 0 radical (unpaired) electrons. The summed E-state index contributed by atoms with van der Waals surface area (Å²) in [5.41, 5.74) is -0.637. The Morgan fingerprint density at radius 3 is 2.40 bits per heavy atom. The van der Waals surface area contributed by atoms with Gasteiger partial charge in [0.15, 0.2) is 0 Å². The minimum Gasteiger partial charge on any atom is -0.468 e. The van der Waals surface area contributed by atoms with Gasteiger partial charge in [-0.1, -0.05) is 12.8 Å². The summed E-state index contributed by atoms with van der Waals surface area (Å²) in [6, 6.07) is 0.241. The van der Waals surface area contributed by atoms with E-state index in [9.17, 15) is 4.79 Å². The molecule has 2 rings (SSSR count). The minimum absolute atomic E-state index is 0.167. The van der Waals surface area contributed by atoms with Gasteiger partial charge in [-0.15, -0.1) is 0 Å². The fraction of sp³-hybridized carbons (Fsp3) is 0.938. The van der Waals surface area contributed by atoms with Gasteiger partial charge >= 0.3 is 5.97 Å². The normalized spacial score (nSPS) is 23.0. The van der Waals surface area contributed by atoms with Crippen molar-refractivity contribution in [1.29, 1.82) is 0 Å². The molecule has 0 aliphatic heterocycles. The molecule has 2 aliphatic carbocycles. The quantitative estimate of drug-likeness (QED) is 0.695. The predicted molar refractivity (Wildman–Crippen MR) is 78.5 cm³/mol. The first-order chi connectivity index (χ1) is 9.58. The highest BCUT2D eigenvalue weighted by molar-refractivity contribution is 5.82. The Bertz CT molecular complexity index is 322. The number of hydrogen-bond acceptors (Lipinski definition) is 4. The van der Waals surface area contributed by atoms with E-state index in [1.165, 1.54) is 32.8 Å². The number of hydrogen-bond donors (Lipinski definition) is 1. The van der Waals surface area contributed by atoms with Crippen molar-refractivity contribution >= 4 is 5.97 Å². The number of nitrogens with one attached hydrogen (secondary N) is 1. The van der Waals surface area contributed by atoms with E-state index in [4.69, 9.17) is 9.47 Å². The number of carbonyl (C=O) groups excluding carboxylic acids is 1. The first-order valence-electron chi connectivity index (χ1n) is 8.02. The van der Waals surface area contributed by atoms with Crippen LogP contribution in [-0.2, 0) is 14.3 Å². The van der Waals surface area contributed by atoms with Crippen LogP contribution in [0.15, 0.2) is 0 Å². The molecule has 0 amide bonds. The van der Waals surface area contributed by atoms with Crippen LogP contribution < -0.4 is 5.32 Å². The third kappa shape index (κ3) is 3.73. The highest BCUT2D eigenvalue weighted by atomic mass is 16.5. The molecule has 0 aromatic heterocycles. The maximum absolute atomic E-state index is 12.3. The fourth-order valence-corrected chi connectivity index (χ4v) is 3.40. The van der Waals surface area contributed by atoms with Crippen LogP contribution in [0.25, 0.3) is 0 Å². The SMILES string of the molecule is COC(=O)C(COCC1CCCC1)(NC(C)C)C1CC1. The molecule has 1 atom stereocenters. The summed E-state index contributed by atoms with van der Waals surface area (Å²) in [6.45, 7) is 5.36. The molecule has 0 saturated heterocycles. The summed E-state index contributed by atoms with van der Waals surface area (Å²) in [7, 11) is 1.47. The van der Waals surface area contributed by atoms with Gasteiger partial charge in [-0.05, 0) is 51.4 Å². The zero-order chi connectivity index (χ0) is 14.6. The first kappa shape index (κ1) is 15.8. The maximum Gasteiger partial charge on any atom is 0.328 e. The topological polar surface area (TPSA) is 47.6 Å². The molecule has 0 aromatic carbocycles. The van der Waals surface area contributed by atoms with E-state index >= 15 is 0 Å². The van der Waals surface area contributed by atoms with Crippen LogP contribution in [0.4, 0.5) is 0 Å². The molecule has 4 nitrogen and oxygen atoms in total. The summed E-state index contributed by atoms with van der Waals surface area (Å²) in [6.07, 6.45) is 7.35. The van der Waals surface area contributed by atoms with Crippen molar-refractivity contribution in [3.8, 4) is 0 Å². The Hall–Kier alpha value is -0.610. The van der Waals surface area contributed by atoms with Crippen LogP contribution in [0.2, 0.25) is 0 Å². The third-order valence-electron chi connectivity index (χ3n) is 4.53. The molecule has 0 bridgehead atoms. The number of carbonyl (C=O) groups is 1. The van der Waals surface area contributed by atoms with Crippen molar-refractivity contribution in [2.45, 2.75) is 64.0 Å². The summed E-state index contributed by atoms with van der Waals surface area (Å²) in [5.74, 6) is 0.879. The van der Waals surface area contributed by atoms with Crippen molar-refractivity contribution in [3.63, 3.8) is 0 Å². The third-order valence-corrected chi connectivity index (χ3v) is 4.53. The summed E-state index contributed by atoms with van der Waals surface area (Å²) in [5, 5.41) is 3.43.